The third-order valence-electron chi connectivity index (χ3n) is 7.42. The normalized spacial score (nSPS) is 21.4. The average molecular weight is 593 g/mol. The van der Waals surface area contributed by atoms with Crippen LogP contribution in [0.25, 0.3) is 6.08 Å². The van der Waals surface area contributed by atoms with Gasteiger partial charge in [-0.05, 0) is 61.2 Å². The number of cyclic esters (lactones) is 1. The van der Waals surface area contributed by atoms with E-state index in [1.807, 2.05) is 0 Å². The molecule has 0 bridgehead atoms. The minimum atomic E-state index is -4.55. The zero-order chi connectivity index (χ0) is 29.6. The van der Waals surface area contributed by atoms with Gasteiger partial charge in [-0.3, -0.25) is 14.7 Å². The van der Waals surface area contributed by atoms with E-state index in [1.54, 1.807) is 25.1 Å². The summed E-state index contributed by atoms with van der Waals surface area (Å²) in [5.74, 6) is -0.439. The molecular weight excluding hydrogens is 565 g/mol. The quantitative estimate of drug-likeness (QED) is 0.531. The van der Waals surface area contributed by atoms with Crippen molar-refractivity contribution in [3.8, 4) is 0 Å². The second-order valence-electron chi connectivity index (χ2n) is 10.1. The van der Waals surface area contributed by atoms with Gasteiger partial charge in [-0.25, -0.2) is 13.2 Å². The lowest BCUT2D eigenvalue weighted by molar-refractivity contribution is -0.137. The van der Waals surface area contributed by atoms with E-state index in [1.165, 1.54) is 27.4 Å². The van der Waals surface area contributed by atoms with Gasteiger partial charge >= 0.3 is 12.3 Å². The van der Waals surface area contributed by atoms with Crippen molar-refractivity contribution in [3.05, 3.63) is 70.1 Å². The summed E-state index contributed by atoms with van der Waals surface area (Å²) in [4.78, 5) is 30.7. The van der Waals surface area contributed by atoms with Gasteiger partial charge in [0.1, 0.15) is 17.5 Å². The molecule has 3 aliphatic heterocycles. The number of aliphatic hydroxyl groups excluding tert-OH is 1. The first-order valence-electron chi connectivity index (χ1n) is 12.8. The zero-order valence-corrected chi connectivity index (χ0v) is 22.7. The van der Waals surface area contributed by atoms with Crippen LogP contribution in [0.15, 0.2) is 52.9 Å². The lowest BCUT2D eigenvalue weighted by Crippen LogP contribution is -2.50. The number of carbonyl (C=O) groups is 2. The first kappa shape index (κ1) is 28.8. The Morgan fingerprint density at radius 1 is 1.17 bits per heavy atom. The third kappa shape index (κ3) is 5.72. The number of nitrogens with zero attached hydrogens (tertiary/aromatic N) is 3. The molecule has 0 aromatic heterocycles. The van der Waals surface area contributed by atoms with E-state index in [9.17, 15) is 36.3 Å². The molecule has 218 valence electrons. The number of carbonyl (C=O) groups excluding carboxylic acids is 2. The fourth-order valence-corrected chi connectivity index (χ4v) is 6.22. The van der Waals surface area contributed by atoms with Crippen molar-refractivity contribution in [1.29, 1.82) is 0 Å². The van der Waals surface area contributed by atoms with Crippen LogP contribution in [0.3, 0.4) is 0 Å². The maximum atomic E-state index is 13.1. The van der Waals surface area contributed by atoms with Crippen LogP contribution in [-0.4, -0.2) is 73.5 Å². The summed E-state index contributed by atoms with van der Waals surface area (Å²) in [6, 6.07) is 9.56. The van der Waals surface area contributed by atoms with E-state index < -0.39 is 45.4 Å². The molecule has 2 fully saturated rings. The Labute approximate surface area is 234 Å². The topological polar surface area (TPSA) is 129 Å². The van der Waals surface area contributed by atoms with Crippen LogP contribution in [0.1, 0.15) is 35.1 Å². The fourth-order valence-electron chi connectivity index (χ4n) is 5.03. The summed E-state index contributed by atoms with van der Waals surface area (Å²) in [6.45, 7) is 1.69. The third-order valence-corrected chi connectivity index (χ3v) is 8.98. The molecule has 0 radical (unpaired) electrons. The van der Waals surface area contributed by atoms with Crippen molar-refractivity contribution in [2.45, 2.75) is 37.6 Å². The maximum Gasteiger partial charge on any atom is 0.416 e. The number of halogens is 3. The van der Waals surface area contributed by atoms with Crippen LogP contribution in [0.2, 0.25) is 0 Å². The number of aliphatic imine (C=N–C) groups is 1. The molecule has 2 aromatic rings. The van der Waals surface area contributed by atoms with Gasteiger partial charge in [0.15, 0.2) is 0 Å². The van der Waals surface area contributed by atoms with Gasteiger partial charge in [-0.1, -0.05) is 18.2 Å². The number of amides is 2. The number of anilines is 1. The van der Waals surface area contributed by atoms with Crippen molar-refractivity contribution < 1.29 is 41.0 Å². The molecule has 1 spiro atoms. The number of hydrogen-bond acceptors (Lipinski definition) is 7. The van der Waals surface area contributed by atoms with Gasteiger partial charge in [-0.2, -0.15) is 17.5 Å². The molecule has 3 heterocycles. The number of aliphatic hydroxyl groups is 1. The molecule has 0 saturated carbocycles. The highest BCUT2D eigenvalue weighted by atomic mass is 32.2. The summed E-state index contributed by atoms with van der Waals surface area (Å²) in [6.07, 6.45) is -4.13. The maximum absolute atomic E-state index is 13.1. The fraction of sp³-hybridized carbons (Fsp3) is 0.370. The molecule has 2 aromatic carbocycles. The summed E-state index contributed by atoms with van der Waals surface area (Å²) < 4.78 is 71.8. The van der Waals surface area contributed by atoms with Gasteiger partial charge in [-0.15, -0.1) is 0 Å². The predicted octanol–water partition coefficient (Wildman–Crippen LogP) is 3.04. The Morgan fingerprint density at radius 3 is 2.54 bits per heavy atom. The van der Waals surface area contributed by atoms with Crippen molar-refractivity contribution in [2.24, 2.45) is 4.99 Å². The zero-order valence-electron chi connectivity index (χ0n) is 21.9. The molecule has 0 aliphatic carbocycles. The van der Waals surface area contributed by atoms with Crippen LogP contribution in [0.4, 0.5) is 23.7 Å². The molecule has 2 amide bonds. The monoisotopic (exact) mass is 592 g/mol. The van der Waals surface area contributed by atoms with Crippen LogP contribution in [-0.2, 0) is 25.7 Å². The Balaban J connectivity index is 1.26. The average Bonchev–Trinajstić information content (AvgIpc) is 3.47. The Kier molecular flexibility index (Phi) is 7.42. The molecule has 41 heavy (non-hydrogen) atoms. The van der Waals surface area contributed by atoms with Gasteiger partial charge in [0.25, 0.3) is 5.91 Å². The molecule has 3 aliphatic rings. The molecule has 0 unspecified atom stereocenters. The van der Waals surface area contributed by atoms with E-state index >= 15 is 0 Å². The van der Waals surface area contributed by atoms with Gasteiger partial charge < -0.3 is 15.2 Å². The smallest absolute Gasteiger partial charge is 0.416 e. The molecule has 5 rings (SSSR count). The molecular formula is C27H27F3N4O6S. The number of piperidine rings is 1. The summed E-state index contributed by atoms with van der Waals surface area (Å²) >= 11 is 0. The lowest BCUT2D eigenvalue weighted by atomic mass is 9.89. The van der Waals surface area contributed by atoms with Crippen molar-refractivity contribution in [1.82, 2.24) is 9.62 Å². The summed E-state index contributed by atoms with van der Waals surface area (Å²) in [5, 5.41) is 12.9. The highest BCUT2D eigenvalue weighted by Gasteiger charge is 2.47. The van der Waals surface area contributed by atoms with E-state index in [0.29, 0.717) is 16.8 Å². The minimum absolute atomic E-state index is 0.000476. The summed E-state index contributed by atoms with van der Waals surface area (Å²) in [7, 11) is -3.86. The standard InChI is InChI=1S/C27H27F3N4O6S/c1-17-13-21(34-15-22(16-35)40-25(34)37)6-5-18(17)7-12-41(38,39)33-10-8-26(9-11-33)24(36)31-23(32-26)19-3-2-4-20(14-19)27(28,29)30/h2-7,12-14,22,35H,8-11,15-16H2,1H3,(H,31,32,36)/b12-7+/t22-/m1/s1. The van der Waals surface area contributed by atoms with E-state index in [2.05, 4.69) is 10.3 Å². The Hall–Kier alpha value is -3.75. The number of alkyl halides is 3. The highest BCUT2D eigenvalue weighted by molar-refractivity contribution is 7.92. The Bertz CT molecular complexity index is 1550. The summed E-state index contributed by atoms with van der Waals surface area (Å²) in [5.41, 5.74) is -0.103. The lowest BCUT2D eigenvalue weighted by Gasteiger charge is -2.34. The number of amidine groups is 1. The van der Waals surface area contributed by atoms with Crippen molar-refractivity contribution in [2.75, 3.05) is 31.1 Å². The molecule has 1 atom stereocenters. The van der Waals surface area contributed by atoms with Crippen LogP contribution in [0.5, 0.6) is 0 Å². The number of aryl methyl sites for hydroxylation is 1. The van der Waals surface area contributed by atoms with Crippen LogP contribution in [0, 0.1) is 6.92 Å². The molecule has 14 heteroatoms. The van der Waals surface area contributed by atoms with E-state index in [0.717, 1.165) is 17.5 Å². The molecule has 2 N–H and O–H groups in total. The second kappa shape index (κ2) is 10.6. The number of sulfonamides is 1. The molecule has 2 saturated heterocycles. The number of ether oxygens (including phenoxy) is 1. The number of rotatable bonds is 6. The second-order valence-corrected chi connectivity index (χ2v) is 11.9. The van der Waals surface area contributed by atoms with Crippen molar-refractivity contribution >= 4 is 39.6 Å². The largest absolute Gasteiger partial charge is 0.441 e. The number of nitrogens with one attached hydrogen (secondary N) is 1. The number of hydrogen-bond donors (Lipinski definition) is 2. The Morgan fingerprint density at radius 2 is 1.90 bits per heavy atom. The van der Waals surface area contributed by atoms with Gasteiger partial charge in [0.2, 0.25) is 10.0 Å². The first-order valence-corrected chi connectivity index (χ1v) is 14.3. The van der Waals surface area contributed by atoms with Gasteiger partial charge in [0, 0.05) is 29.7 Å². The predicted molar refractivity (Wildman–Crippen MR) is 143 cm³/mol. The minimum Gasteiger partial charge on any atom is -0.441 e. The van der Waals surface area contributed by atoms with E-state index in [4.69, 9.17) is 4.74 Å². The molecule has 10 nitrogen and oxygen atoms in total. The SMILES string of the molecule is Cc1cc(N2C[C@H](CO)OC2=O)ccc1/C=C/S(=O)(=O)N1CCC2(CC1)N=C(c1cccc(C(F)(F)F)c1)NC2=O. The number of benzene rings is 2. The van der Waals surface area contributed by atoms with Crippen LogP contribution < -0.4 is 10.2 Å². The highest BCUT2D eigenvalue weighted by Crippen LogP contribution is 2.34. The van der Waals surface area contributed by atoms with E-state index in [-0.39, 0.29) is 50.5 Å². The van der Waals surface area contributed by atoms with Crippen molar-refractivity contribution in [3.63, 3.8) is 0 Å². The van der Waals surface area contributed by atoms with Crippen LogP contribution >= 0.6 is 0 Å². The first-order chi connectivity index (χ1) is 19.3. The van der Waals surface area contributed by atoms with Gasteiger partial charge in [0.05, 0.1) is 18.7 Å².